The standard InChI is InChI=1S/C19H22N6O3/c1-23(18(26)12-28-2)13-7-9-24(11-13)17-6-5-16-21-10-15(25(16)22-17)14-4-3-8-20-19(14)27/h3-6,8,10,13H,7,9,11-12H2,1-2H3,(H,20,27)/t13-/m0/s1. The SMILES string of the molecule is COCC(=O)N(C)[C@H]1CCN(c2ccc3ncc(-c4cccnc4O)n3n2)C1. The second-order valence-corrected chi connectivity index (χ2v) is 6.81. The topological polar surface area (TPSA) is 96.1 Å². The van der Waals surface area contributed by atoms with Gasteiger partial charge in [-0.05, 0) is 30.7 Å². The van der Waals surface area contributed by atoms with Crippen LogP contribution in [-0.4, -0.2) is 75.4 Å². The van der Waals surface area contributed by atoms with Gasteiger partial charge in [-0.1, -0.05) is 0 Å². The minimum Gasteiger partial charge on any atom is -0.493 e. The van der Waals surface area contributed by atoms with Crippen molar-refractivity contribution in [1.82, 2.24) is 24.5 Å². The lowest BCUT2D eigenvalue weighted by Crippen LogP contribution is -2.40. The molecular weight excluding hydrogens is 360 g/mol. The van der Waals surface area contributed by atoms with E-state index in [0.717, 1.165) is 18.8 Å². The number of rotatable bonds is 5. The Hall–Kier alpha value is -3.20. The molecule has 0 unspecified atom stereocenters. The molecule has 28 heavy (non-hydrogen) atoms. The van der Waals surface area contributed by atoms with Crippen LogP contribution in [0.5, 0.6) is 5.88 Å². The minimum atomic E-state index is -0.0592. The Bertz CT molecular complexity index is 1000. The molecule has 3 aromatic heterocycles. The summed E-state index contributed by atoms with van der Waals surface area (Å²) in [7, 11) is 3.33. The fourth-order valence-electron chi connectivity index (χ4n) is 3.51. The van der Waals surface area contributed by atoms with Gasteiger partial charge in [0.15, 0.2) is 5.65 Å². The van der Waals surface area contributed by atoms with Crippen molar-refractivity contribution in [2.24, 2.45) is 0 Å². The van der Waals surface area contributed by atoms with Gasteiger partial charge in [-0.25, -0.2) is 14.5 Å². The summed E-state index contributed by atoms with van der Waals surface area (Å²) in [6.45, 7) is 1.59. The Balaban J connectivity index is 1.60. The molecule has 9 nitrogen and oxygen atoms in total. The highest BCUT2D eigenvalue weighted by Crippen LogP contribution is 2.28. The molecule has 0 bridgehead atoms. The number of hydrogen-bond acceptors (Lipinski definition) is 7. The summed E-state index contributed by atoms with van der Waals surface area (Å²) < 4.78 is 6.65. The molecule has 1 fully saturated rings. The van der Waals surface area contributed by atoms with E-state index in [1.54, 1.807) is 27.7 Å². The third-order valence-corrected chi connectivity index (χ3v) is 5.11. The summed E-state index contributed by atoms with van der Waals surface area (Å²) in [6.07, 6.45) is 4.07. The van der Waals surface area contributed by atoms with Crippen LogP contribution in [0.3, 0.4) is 0 Å². The number of ether oxygens (including phenoxy) is 1. The number of methoxy groups -OCH3 is 1. The van der Waals surface area contributed by atoms with Crippen LogP contribution < -0.4 is 4.90 Å². The molecule has 1 aliphatic heterocycles. The zero-order valence-electron chi connectivity index (χ0n) is 15.8. The fourth-order valence-corrected chi connectivity index (χ4v) is 3.51. The molecular formula is C19H22N6O3. The third-order valence-electron chi connectivity index (χ3n) is 5.11. The number of carbonyl (C=O) groups excluding carboxylic acids is 1. The predicted molar refractivity (Wildman–Crippen MR) is 103 cm³/mol. The van der Waals surface area contributed by atoms with Crippen molar-refractivity contribution in [2.45, 2.75) is 12.5 Å². The first-order valence-electron chi connectivity index (χ1n) is 9.07. The summed E-state index contributed by atoms with van der Waals surface area (Å²) in [6, 6.07) is 7.48. The van der Waals surface area contributed by atoms with Crippen LogP contribution >= 0.6 is 0 Å². The fraction of sp³-hybridized carbons (Fsp3) is 0.368. The smallest absolute Gasteiger partial charge is 0.248 e. The Labute approximate surface area is 162 Å². The van der Waals surface area contributed by atoms with Crippen molar-refractivity contribution in [3.63, 3.8) is 0 Å². The number of amides is 1. The quantitative estimate of drug-likeness (QED) is 0.708. The Kier molecular flexibility index (Phi) is 4.82. The van der Waals surface area contributed by atoms with Crippen LogP contribution in [0.4, 0.5) is 5.82 Å². The monoisotopic (exact) mass is 382 g/mol. The molecule has 1 N–H and O–H groups in total. The molecule has 0 saturated carbocycles. The van der Waals surface area contributed by atoms with E-state index in [0.29, 0.717) is 23.4 Å². The van der Waals surface area contributed by atoms with Crippen LogP contribution in [0.2, 0.25) is 0 Å². The van der Waals surface area contributed by atoms with Crippen molar-refractivity contribution in [1.29, 1.82) is 0 Å². The molecule has 4 rings (SSSR count). The Morgan fingerprint density at radius 2 is 2.21 bits per heavy atom. The first-order chi connectivity index (χ1) is 13.6. The lowest BCUT2D eigenvalue weighted by atomic mass is 10.2. The molecule has 1 amide bonds. The molecule has 0 spiro atoms. The molecule has 0 aliphatic carbocycles. The van der Waals surface area contributed by atoms with Crippen molar-refractivity contribution in [2.75, 3.05) is 38.8 Å². The maximum Gasteiger partial charge on any atom is 0.248 e. The highest BCUT2D eigenvalue weighted by atomic mass is 16.5. The molecule has 0 aromatic carbocycles. The highest BCUT2D eigenvalue weighted by Gasteiger charge is 2.29. The van der Waals surface area contributed by atoms with Crippen molar-refractivity contribution >= 4 is 17.4 Å². The number of pyridine rings is 1. The number of fused-ring (bicyclic) bond motifs is 1. The number of nitrogens with zero attached hydrogens (tertiary/aromatic N) is 6. The van der Waals surface area contributed by atoms with Crippen molar-refractivity contribution in [3.8, 4) is 17.1 Å². The third kappa shape index (κ3) is 3.24. The second-order valence-electron chi connectivity index (χ2n) is 6.81. The maximum absolute atomic E-state index is 12.1. The van der Waals surface area contributed by atoms with E-state index >= 15 is 0 Å². The van der Waals surface area contributed by atoms with Crippen LogP contribution in [0.15, 0.2) is 36.7 Å². The number of aromatic nitrogens is 4. The van der Waals surface area contributed by atoms with Gasteiger partial charge < -0.3 is 19.6 Å². The van der Waals surface area contributed by atoms with E-state index in [1.165, 1.54) is 13.3 Å². The maximum atomic E-state index is 12.1. The zero-order valence-corrected chi connectivity index (χ0v) is 15.8. The summed E-state index contributed by atoms with van der Waals surface area (Å²) >= 11 is 0. The van der Waals surface area contributed by atoms with Crippen LogP contribution in [0.25, 0.3) is 16.9 Å². The van der Waals surface area contributed by atoms with Crippen LogP contribution in [0.1, 0.15) is 6.42 Å². The molecule has 1 saturated heterocycles. The van der Waals surface area contributed by atoms with Gasteiger partial charge in [0, 0.05) is 33.4 Å². The first kappa shape index (κ1) is 18.2. The molecule has 146 valence electrons. The minimum absolute atomic E-state index is 0.0262. The number of anilines is 1. The van der Waals surface area contributed by atoms with E-state index in [9.17, 15) is 9.90 Å². The van der Waals surface area contributed by atoms with Gasteiger partial charge in [0.05, 0.1) is 23.5 Å². The van der Waals surface area contributed by atoms with Gasteiger partial charge in [0.25, 0.3) is 0 Å². The zero-order chi connectivity index (χ0) is 19.7. The van der Waals surface area contributed by atoms with E-state index in [2.05, 4.69) is 14.9 Å². The number of aromatic hydroxyl groups is 1. The number of carbonyl (C=O) groups is 1. The van der Waals surface area contributed by atoms with Crippen molar-refractivity contribution in [3.05, 3.63) is 36.7 Å². The van der Waals surface area contributed by atoms with E-state index < -0.39 is 0 Å². The van der Waals surface area contributed by atoms with Gasteiger partial charge in [-0.3, -0.25) is 4.79 Å². The second kappa shape index (κ2) is 7.43. The highest BCUT2D eigenvalue weighted by molar-refractivity contribution is 5.77. The Morgan fingerprint density at radius 1 is 1.36 bits per heavy atom. The molecule has 1 atom stereocenters. The molecule has 3 aromatic rings. The van der Waals surface area contributed by atoms with Crippen LogP contribution in [0, 0.1) is 0 Å². The molecule has 1 aliphatic rings. The van der Waals surface area contributed by atoms with Gasteiger partial charge in [0.2, 0.25) is 11.8 Å². The summed E-state index contributed by atoms with van der Waals surface area (Å²) in [4.78, 5) is 24.3. The van der Waals surface area contributed by atoms with Crippen molar-refractivity contribution < 1.29 is 14.6 Å². The lowest BCUT2D eigenvalue weighted by molar-refractivity contribution is -0.135. The largest absolute Gasteiger partial charge is 0.493 e. The van der Waals surface area contributed by atoms with Crippen LogP contribution in [-0.2, 0) is 9.53 Å². The average Bonchev–Trinajstić information content (AvgIpc) is 3.35. The van der Waals surface area contributed by atoms with Gasteiger partial charge in [-0.2, -0.15) is 0 Å². The molecule has 0 radical (unpaired) electrons. The predicted octanol–water partition coefficient (Wildman–Crippen LogP) is 1.18. The van der Waals surface area contributed by atoms with E-state index in [4.69, 9.17) is 9.84 Å². The number of imidazole rings is 1. The Morgan fingerprint density at radius 3 is 3.00 bits per heavy atom. The lowest BCUT2D eigenvalue weighted by Gasteiger charge is -2.25. The normalized spacial score (nSPS) is 16.6. The average molecular weight is 382 g/mol. The van der Waals surface area contributed by atoms with E-state index in [1.807, 2.05) is 19.2 Å². The first-order valence-corrected chi connectivity index (χ1v) is 9.07. The molecule has 4 heterocycles. The summed E-state index contributed by atoms with van der Waals surface area (Å²) in [5, 5.41) is 14.8. The van der Waals surface area contributed by atoms with Gasteiger partial charge in [-0.15, -0.1) is 5.10 Å². The molecule has 9 heteroatoms. The van der Waals surface area contributed by atoms with Gasteiger partial charge in [0.1, 0.15) is 12.4 Å². The summed E-state index contributed by atoms with van der Waals surface area (Å²) in [5.74, 6) is 0.711. The van der Waals surface area contributed by atoms with Gasteiger partial charge >= 0.3 is 0 Å². The number of likely N-dealkylation sites (N-methyl/N-ethyl adjacent to an activating group) is 1. The number of hydrogen-bond donors (Lipinski definition) is 1. The van der Waals surface area contributed by atoms with E-state index in [-0.39, 0.29) is 24.4 Å². The summed E-state index contributed by atoms with van der Waals surface area (Å²) in [5.41, 5.74) is 1.93.